The number of carbonyl (C=O) groups is 1. The molecule has 0 aliphatic rings. The first-order valence-corrected chi connectivity index (χ1v) is 6.27. The molecule has 102 valence electrons. The molecular formula is C14H20N4O. The molecule has 5 heteroatoms. The molecule has 1 aromatic carbocycles. The summed E-state index contributed by atoms with van der Waals surface area (Å²) in [5.41, 5.74) is 12.8. The smallest absolute Gasteiger partial charge is 0.250 e. The Balaban J connectivity index is 3.11. The largest absolute Gasteiger partial charge is 0.396 e. The lowest BCUT2D eigenvalue weighted by molar-refractivity contribution is 0.100. The molecule has 0 radical (unpaired) electrons. The van der Waals surface area contributed by atoms with Crippen molar-refractivity contribution >= 4 is 17.3 Å². The van der Waals surface area contributed by atoms with Gasteiger partial charge in [-0.25, -0.2) is 0 Å². The molecule has 1 amide bonds. The van der Waals surface area contributed by atoms with E-state index in [4.69, 9.17) is 16.7 Å². The van der Waals surface area contributed by atoms with E-state index in [1.165, 1.54) is 0 Å². The summed E-state index contributed by atoms with van der Waals surface area (Å²) in [6.45, 7) is 5.54. The Morgan fingerprint density at radius 3 is 2.68 bits per heavy atom. The van der Waals surface area contributed by atoms with Crippen molar-refractivity contribution in [2.24, 2.45) is 11.7 Å². The molecule has 0 aliphatic heterocycles. The summed E-state index contributed by atoms with van der Waals surface area (Å²) >= 11 is 0. The summed E-state index contributed by atoms with van der Waals surface area (Å²) in [5.74, 6) is -0.112. The molecule has 0 saturated heterocycles. The fourth-order valence-corrected chi connectivity index (χ4v) is 1.98. The van der Waals surface area contributed by atoms with Gasteiger partial charge in [0.2, 0.25) is 0 Å². The summed E-state index contributed by atoms with van der Waals surface area (Å²) in [4.78, 5) is 13.3. The van der Waals surface area contributed by atoms with E-state index in [1.807, 2.05) is 11.0 Å². The number of nitrogen functional groups attached to an aromatic ring is 1. The number of benzene rings is 1. The fourth-order valence-electron chi connectivity index (χ4n) is 1.98. The average Bonchev–Trinajstić information content (AvgIpc) is 2.34. The molecule has 0 saturated carbocycles. The molecule has 0 bridgehead atoms. The summed E-state index contributed by atoms with van der Waals surface area (Å²) < 4.78 is 0. The Hall–Kier alpha value is -2.22. The van der Waals surface area contributed by atoms with E-state index in [0.29, 0.717) is 30.1 Å². The van der Waals surface area contributed by atoms with Crippen LogP contribution in [0.4, 0.5) is 11.4 Å². The number of hydrogen-bond donors (Lipinski definition) is 2. The van der Waals surface area contributed by atoms with Gasteiger partial charge in [0.05, 0.1) is 29.4 Å². The van der Waals surface area contributed by atoms with Crippen LogP contribution in [-0.4, -0.2) is 19.0 Å². The third-order valence-corrected chi connectivity index (χ3v) is 2.77. The van der Waals surface area contributed by atoms with E-state index in [0.717, 1.165) is 12.2 Å². The lowest BCUT2D eigenvalue weighted by atomic mass is 10.1. The molecule has 0 heterocycles. The maximum atomic E-state index is 11.3. The molecule has 0 aromatic heterocycles. The second-order valence-electron chi connectivity index (χ2n) is 4.85. The number of rotatable bonds is 6. The van der Waals surface area contributed by atoms with Gasteiger partial charge in [-0.1, -0.05) is 19.9 Å². The van der Waals surface area contributed by atoms with Gasteiger partial charge in [0.25, 0.3) is 5.91 Å². The van der Waals surface area contributed by atoms with Crippen molar-refractivity contribution in [2.75, 3.05) is 23.7 Å². The molecule has 19 heavy (non-hydrogen) atoms. The standard InChI is InChI=1S/C14H20N4O/c1-10(2)9-18(8-4-7-15)12-6-3-5-11(13(12)16)14(17)19/h3,5-6,10H,4,8-9,16H2,1-2H3,(H2,17,19). The van der Waals surface area contributed by atoms with Crippen LogP contribution in [-0.2, 0) is 0 Å². The van der Waals surface area contributed by atoms with E-state index in [1.54, 1.807) is 12.1 Å². The minimum Gasteiger partial charge on any atom is -0.396 e. The van der Waals surface area contributed by atoms with E-state index in [9.17, 15) is 4.79 Å². The molecule has 1 rings (SSSR count). The van der Waals surface area contributed by atoms with E-state index >= 15 is 0 Å². The SMILES string of the molecule is CC(C)CN(CCC#N)c1cccc(C(N)=O)c1N. The van der Waals surface area contributed by atoms with Crippen LogP contribution in [0.15, 0.2) is 18.2 Å². The topological polar surface area (TPSA) is 96.1 Å². The zero-order chi connectivity index (χ0) is 14.4. The number of nitriles is 1. The maximum absolute atomic E-state index is 11.3. The minimum atomic E-state index is -0.538. The van der Waals surface area contributed by atoms with Crippen LogP contribution in [0, 0.1) is 17.2 Å². The van der Waals surface area contributed by atoms with Gasteiger partial charge in [-0.2, -0.15) is 5.26 Å². The number of para-hydroxylation sites is 1. The third-order valence-electron chi connectivity index (χ3n) is 2.77. The van der Waals surface area contributed by atoms with E-state index in [-0.39, 0.29) is 0 Å². The second kappa shape index (κ2) is 6.64. The highest BCUT2D eigenvalue weighted by Crippen LogP contribution is 2.27. The van der Waals surface area contributed by atoms with Crippen LogP contribution in [0.2, 0.25) is 0 Å². The predicted octanol–water partition coefficient (Wildman–Crippen LogP) is 1.74. The van der Waals surface area contributed by atoms with Gasteiger partial charge in [-0.3, -0.25) is 4.79 Å². The zero-order valence-electron chi connectivity index (χ0n) is 11.4. The molecule has 1 aromatic rings. The van der Waals surface area contributed by atoms with Crippen LogP contribution in [0.5, 0.6) is 0 Å². The summed E-state index contributed by atoms with van der Waals surface area (Å²) in [6, 6.07) is 7.34. The van der Waals surface area contributed by atoms with Crippen molar-refractivity contribution in [3.05, 3.63) is 23.8 Å². The molecule has 0 fully saturated rings. The van der Waals surface area contributed by atoms with Gasteiger partial charge in [-0.15, -0.1) is 0 Å². The lowest BCUT2D eigenvalue weighted by Crippen LogP contribution is -2.30. The van der Waals surface area contributed by atoms with Crippen LogP contribution in [0.1, 0.15) is 30.6 Å². The number of carbonyl (C=O) groups excluding carboxylic acids is 1. The minimum absolute atomic E-state index is 0.322. The van der Waals surface area contributed by atoms with E-state index in [2.05, 4.69) is 19.9 Å². The van der Waals surface area contributed by atoms with Gasteiger partial charge in [-0.05, 0) is 18.1 Å². The van der Waals surface area contributed by atoms with Crippen molar-refractivity contribution in [1.82, 2.24) is 0 Å². The molecule has 4 N–H and O–H groups in total. The Kier molecular flexibility index (Phi) is 5.19. The predicted molar refractivity (Wildman–Crippen MR) is 76.7 cm³/mol. The first-order valence-electron chi connectivity index (χ1n) is 6.27. The van der Waals surface area contributed by atoms with Crippen molar-refractivity contribution in [3.8, 4) is 6.07 Å². The number of nitrogens with two attached hydrogens (primary N) is 2. The second-order valence-corrected chi connectivity index (χ2v) is 4.85. The Bertz CT molecular complexity index is 491. The van der Waals surface area contributed by atoms with Crippen molar-refractivity contribution in [2.45, 2.75) is 20.3 Å². The summed E-state index contributed by atoms with van der Waals surface area (Å²) in [5, 5.41) is 8.73. The highest BCUT2D eigenvalue weighted by molar-refractivity contribution is 6.00. The molecule has 0 aliphatic carbocycles. The van der Waals surface area contributed by atoms with Crippen molar-refractivity contribution < 1.29 is 4.79 Å². The normalized spacial score (nSPS) is 10.2. The molecule has 0 unspecified atom stereocenters. The lowest BCUT2D eigenvalue weighted by Gasteiger charge is -2.27. The maximum Gasteiger partial charge on any atom is 0.250 e. The summed E-state index contributed by atoms with van der Waals surface area (Å²) in [7, 11) is 0. The van der Waals surface area contributed by atoms with Crippen molar-refractivity contribution in [3.63, 3.8) is 0 Å². The van der Waals surface area contributed by atoms with Gasteiger partial charge in [0, 0.05) is 13.1 Å². The molecule has 0 atom stereocenters. The Morgan fingerprint density at radius 2 is 2.16 bits per heavy atom. The number of amides is 1. The number of nitrogens with zero attached hydrogens (tertiary/aromatic N) is 2. The van der Waals surface area contributed by atoms with E-state index < -0.39 is 5.91 Å². The molecule has 0 spiro atoms. The molecule has 5 nitrogen and oxygen atoms in total. The van der Waals surface area contributed by atoms with Gasteiger partial charge in [0.15, 0.2) is 0 Å². The fraction of sp³-hybridized carbons (Fsp3) is 0.429. The first-order chi connectivity index (χ1) is 8.97. The Labute approximate surface area is 113 Å². The van der Waals surface area contributed by atoms with Crippen LogP contribution >= 0.6 is 0 Å². The van der Waals surface area contributed by atoms with Gasteiger partial charge >= 0.3 is 0 Å². The van der Waals surface area contributed by atoms with Gasteiger partial charge < -0.3 is 16.4 Å². The summed E-state index contributed by atoms with van der Waals surface area (Å²) in [6.07, 6.45) is 0.410. The van der Waals surface area contributed by atoms with Crippen LogP contribution < -0.4 is 16.4 Å². The van der Waals surface area contributed by atoms with Crippen LogP contribution in [0.25, 0.3) is 0 Å². The van der Waals surface area contributed by atoms with Crippen LogP contribution in [0.3, 0.4) is 0 Å². The monoisotopic (exact) mass is 260 g/mol. The first kappa shape index (κ1) is 14.8. The quantitative estimate of drug-likeness (QED) is 0.761. The average molecular weight is 260 g/mol. The highest BCUT2D eigenvalue weighted by Gasteiger charge is 2.15. The highest BCUT2D eigenvalue weighted by atomic mass is 16.1. The number of anilines is 2. The third kappa shape index (κ3) is 3.88. The van der Waals surface area contributed by atoms with Crippen molar-refractivity contribution in [1.29, 1.82) is 5.26 Å². The van der Waals surface area contributed by atoms with Gasteiger partial charge in [0.1, 0.15) is 0 Å². The Morgan fingerprint density at radius 1 is 1.47 bits per heavy atom. The molecular weight excluding hydrogens is 240 g/mol. The number of hydrogen-bond acceptors (Lipinski definition) is 4. The zero-order valence-corrected chi connectivity index (χ0v) is 11.4. The number of primary amides is 1.